The molecule has 1 aromatic rings. The van der Waals surface area contributed by atoms with Gasteiger partial charge in [0.1, 0.15) is 5.60 Å². The molecule has 0 unspecified atom stereocenters. The average molecular weight is 370 g/mol. The third kappa shape index (κ3) is 4.90. The highest BCUT2D eigenvalue weighted by Gasteiger charge is 2.26. The van der Waals surface area contributed by atoms with E-state index in [1.807, 2.05) is 33.8 Å². The second-order valence-electron chi connectivity index (χ2n) is 8.49. The predicted molar refractivity (Wildman–Crippen MR) is 107 cm³/mol. The van der Waals surface area contributed by atoms with Crippen molar-refractivity contribution in [2.45, 2.75) is 65.4 Å². The normalized spacial score (nSPS) is 16.7. The number of nitrogens with one attached hydrogen (secondary N) is 1. The number of carbonyl (C=O) groups is 2. The summed E-state index contributed by atoms with van der Waals surface area (Å²) >= 11 is 0. The van der Waals surface area contributed by atoms with Crippen molar-refractivity contribution >= 4 is 17.7 Å². The molecule has 1 heterocycles. The van der Waals surface area contributed by atoms with Crippen LogP contribution in [0.5, 0.6) is 0 Å². The number of ether oxygens (including phenoxy) is 1. The molecule has 0 atom stereocenters. The van der Waals surface area contributed by atoms with Gasteiger partial charge in [-0.25, -0.2) is 4.79 Å². The van der Waals surface area contributed by atoms with E-state index in [0.717, 1.165) is 29.7 Å². The molecule has 0 bridgehead atoms. The molecule has 27 heavy (non-hydrogen) atoms. The summed E-state index contributed by atoms with van der Waals surface area (Å²) in [7, 11) is 0. The second-order valence-corrected chi connectivity index (χ2v) is 8.49. The van der Waals surface area contributed by atoms with E-state index in [1.54, 1.807) is 4.90 Å². The number of hydrogen-bond acceptors (Lipinski definition) is 3. The summed E-state index contributed by atoms with van der Waals surface area (Å²) in [4.78, 5) is 26.5. The van der Waals surface area contributed by atoms with Gasteiger partial charge in [0.15, 0.2) is 0 Å². The highest BCUT2D eigenvalue weighted by molar-refractivity contribution is 6.03. The molecule has 5 heteroatoms. The van der Waals surface area contributed by atoms with Crippen molar-refractivity contribution in [1.29, 1.82) is 0 Å². The van der Waals surface area contributed by atoms with E-state index < -0.39 is 5.60 Å². The zero-order chi connectivity index (χ0) is 19.6. The minimum absolute atomic E-state index is 0.0475. The van der Waals surface area contributed by atoms with Crippen molar-refractivity contribution in [3.63, 3.8) is 0 Å². The number of rotatable bonds is 2. The molecule has 0 aromatic heterocycles. The van der Waals surface area contributed by atoms with E-state index in [0.29, 0.717) is 25.9 Å². The third-order valence-electron chi connectivity index (χ3n) is 5.25. The van der Waals surface area contributed by atoms with Crippen LogP contribution in [0.2, 0.25) is 0 Å². The van der Waals surface area contributed by atoms with Crippen molar-refractivity contribution in [2.75, 3.05) is 18.4 Å². The van der Waals surface area contributed by atoms with E-state index in [-0.39, 0.29) is 12.0 Å². The van der Waals surface area contributed by atoms with Gasteiger partial charge < -0.3 is 15.0 Å². The van der Waals surface area contributed by atoms with Gasteiger partial charge in [-0.05, 0) is 83.1 Å². The summed E-state index contributed by atoms with van der Waals surface area (Å²) < 4.78 is 5.43. The number of piperidine rings is 1. The number of aryl methyl sites for hydroxylation is 2. The Morgan fingerprint density at radius 2 is 1.70 bits per heavy atom. The van der Waals surface area contributed by atoms with Crippen LogP contribution in [-0.4, -0.2) is 35.6 Å². The van der Waals surface area contributed by atoms with E-state index in [9.17, 15) is 9.59 Å². The van der Waals surface area contributed by atoms with Crippen LogP contribution in [0.3, 0.4) is 0 Å². The number of carbonyl (C=O) groups excluding carboxylic acids is 2. The number of fused-ring (bicyclic) bond motifs is 1. The molecular formula is C22H30N2O3. The number of benzene rings is 1. The zero-order valence-corrected chi connectivity index (χ0v) is 16.9. The fourth-order valence-corrected chi connectivity index (χ4v) is 3.70. The molecule has 1 saturated heterocycles. The van der Waals surface area contributed by atoms with Crippen LogP contribution in [0.15, 0.2) is 29.3 Å². The highest BCUT2D eigenvalue weighted by atomic mass is 16.6. The van der Waals surface area contributed by atoms with Gasteiger partial charge in [0, 0.05) is 24.4 Å². The number of amides is 2. The number of nitrogens with zero attached hydrogens (tertiary/aromatic N) is 1. The van der Waals surface area contributed by atoms with E-state index in [4.69, 9.17) is 4.74 Å². The van der Waals surface area contributed by atoms with Crippen LogP contribution in [0.1, 0.15) is 58.1 Å². The van der Waals surface area contributed by atoms with Crippen molar-refractivity contribution in [1.82, 2.24) is 4.90 Å². The Morgan fingerprint density at radius 1 is 1.04 bits per heavy atom. The van der Waals surface area contributed by atoms with E-state index >= 15 is 0 Å². The molecule has 1 aliphatic heterocycles. The zero-order valence-electron chi connectivity index (χ0n) is 16.9. The summed E-state index contributed by atoms with van der Waals surface area (Å²) in [5.41, 5.74) is 5.01. The molecule has 3 rings (SSSR count). The minimum Gasteiger partial charge on any atom is -0.444 e. The van der Waals surface area contributed by atoms with E-state index in [2.05, 4.69) is 17.4 Å². The minimum atomic E-state index is -0.487. The maximum Gasteiger partial charge on any atom is 0.410 e. The Morgan fingerprint density at radius 3 is 2.37 bits per heavy atom. The maximum absolute atomic E-state index is 12.6. The molecule has 1 aromatic carbocycles. The molecule has 0 spiro atoms. The fourth-order valence-electron chi connectivity index (χ4n) is 3.70. The molecule has 1 N–H and O–H groups in total. The van der Waals surface area contributed by atoms with Gasteiger partial charge >= 0.3 is 6.09 Å². The quantitative estimate of drug-likeness (QED) is 0.782. The highest BCUT2D eigenvalue weighted by Crippen LogP contribution is 2.26. The molecule has 146 valence electrons. The molecular weight excluding hydrogens is 340 g/mol. The SMILES string of the molecule is CC(C(=O)Nc1ccc2c(c1)CCC2)=C1CCN(C(=O)OC(C)(C)C)CC1. The largest absolute Gasteiger partial charge is 0.444 e. The smallest absolute Gasteiger partial charge is 0.410 e. The van der Waals surface area contributed by atoms with Crippen LogP contribution in [0.25, 0.3) is 0 Å². The standard InChI is InChI=1S/C22H30N2O3/c1-15(16-10-12-24(13-11-16)21(26)27-22(2,3)4)20(25)23-19-9-8-17-6-5-7-18(17)14-19/h8-9,14H,5-7,10-13H2,1-4H3,(H,23,25). The molecule has 2 aliphatic rings. The predicted octanol–water partition coefficient (Wildman–Crippen LogP) is 4.46. The Balaban J connectivity index is 1.58. The summed E-state index contributed by atoms with van der Waals surface area (Å²) in [6, 6.07) is 6.22. The lowest BCUT2D eigenvalue weighted by molar-refractivity contribution is -0.112. The lowest BCUT2D eigenvalue weighted by Crippen LogP contribution is -2.40. The van der Waals surface area contributed by atoms with Crippen molar-refractivity contribution in [2.24, 2.45) is 0 Å². The van der Waals surface area contributed by atoms with Gasteiger partial charge in [-0.1, -0.05) is 11.6 Å². The third-order valence-corrected chi connectivity index (χ3v) is 5.25. The molecule has 0 radical (unpaired) electrons. The van der Waals surface area contributed by atoms with Gasteiger partial charge in [-0.2, -0.15) is 0 Å². The first kappa shape index (κ1) is 19.5. The van der Waals surface area contributed by atoms with Crippen LogP contribution in [0.4, 0.5) is 10.5 Å². The fraction of sp³-hybridized carbons (Fsp3) is 0.545. The van der Waals surface area contributed by atoms with Gasteiger partial charge in [-0.15, -0.1) is 0 Å². The molecule has 1 aliphatic carbocycles. The van der Waals surface area contributed by atoms with Crippen LogP contribution < -0.4 is 5.32 Å². The van der Waals surface area contributed by atoms with Crippen LogP contribution >= 0.6 is 0 Å². The lowest BCUT2D eigenvalue weighted by Gasteiger charge is -2.31. The molecule has 2 amide bonds. The Hall–Kier alpha value is -2.30. The number of hydrogen-bond donors (Lipinski definition) is 1. The second kappa shape index (κ2) is 7.75. The van der Waals surface area contributed by atoms with Gasteiger partial charge in [-0.3, -0.25) is 4.79 Å². The number of anilines is 1. The molecule has 5 nitrogen and oxygen atoms in total. The van der Waals surface area contributed by atoms with E-state index in [1.165, 1.54) is 17.5 Å². The Bertz CT molecular complexity index is 764. The number of likely N-dealkylation sites (tertiary alicyclic amines) is 1. The van der Waals surface area contributed by atoms with Crippen molar-refractivity contribution < 1.29 is 14.3 Å². The first-order valence-corrected chi connectivity index (χ1v) is 9.82. The van der Waals surface area contributed by atoms with Crippen molar-refractivity contribution in [3.05, 3.63) is 40.5 Å². The van der Waals surface area contributed by atoms with Crippen molar-refractivity contribution in [3.8, 4) is 0 Å². The first-order valence-electron chi connectivity index (χ1n) is 9.82. The monoisotopic (exact) mass is 370 g/mol. The van der Waals surface area contributed by atoms with Crippen LogP contribution in [-0.2, 0) is 22.4 Å². The Kier molecular flexibility index (Phi) is 5.59. The molecule has 1 fully saturated rings. The topological polar surface area (TPSA) is 58.6 Å². The molecule has 0 saturated carbocycles. The Labute approximate surface area is 161 Å². The average Bonchev–Trinajstić information content (AvgIpc) is 3.07. The lowest BCUT2D eigenvalue weighted by atomic mass is 9.98. The summed E-state index contributed by atoms with van der Waals surface area (Å²) in [6.07, 6.45) is 4.58. The van der Waals surface area contributed by atoms with Crippen LogP contribution in [0, 0.1) is 0 Å². The maximum atomic E-state index is 12.6. The van der Waals surface area contributed by atoms with Gasteiger partial charge in [0.2, 0.25) is 0 Å². The first-order chi connectivity index (χ1) is 12.7. The van der Waals surface area contributed by atoms with Gasteiger partial charge in [0.05, 0.1) is 0 Å². The summed E-state index contributed by atoms with van der Waals surface area (Å²) in [5.74, 6) is -0.0475. The summed E-state index contributed by atoms with van der Waals surface area (Å²) in [5, 5.41) is 3.03. The van der Waals surface area contributed by atoms with Gasteiger partial charge in [0.25, 0.3) is 5.91 Å². The summed E-state index contributed by atoms with van der Waals surface area (Å²) in [6.45, 7) is 8.66.